The van der Waals surface area contributed by atoms with Crippen LogP contribution in [0.15, 0.2) is 0 Å². The van der Waals surface area contributed by atoms with E-state index in [9.17, 15) is 4.79 Å². The van der Waals surface area contributed by atoms with Crippen molar-refractivity contribution in [1.29, 1.82) is 0 Å². The van der Waals surface area contributed by atoms with Crippen LogP contribution in [0.1, 0.15) is 27.2 Å². The highest BCUT2D eigenvalue weighted by Gasteiger charge is 2.79. The molecule has 4 unspecified atom stereocenters. The Morgan fingerprint density at radius 1 is 1.54 bits per heavy atom. The van der Waals surface area contributed by atoms with Gasteiger partial charge in [-0.1, -0.05) is 13.8 Å². The van der Waals surface area contributed by atoms with E-state index in [4.69, 9.17) is 9.47 Å². The highest BCUT2D eigenvalue weighted by atomic mass is 16.7. The highest BCUT2D eigenvalue weighted by molar-refractivity contribution is 5.84. The zero-order valence-corrected chi connectivity index (χ0v) is 8.59. The maximum atomic E-state index is 11.4. The SMILES string of the molecule is COC(=O)C1(C)OC12CC(C)C2C. The van der Waals surface area contributed by atoms with E-state index in [0.29, 0.717) is 11.8 Å². The molecule has 1 saturated carbocycles. The molecule has 1 aliphatic heterocycles. The van der Waals surface area contributed by atoms with Crippen LogP contribution in [0.2, 0.25) is 0 Å². The standard InChI is InChI=1S/C10H16O3/c1-6-5-10(7(6)2)9(3,13-10)8(11)12-4/h6-7H,5H2,1-4H3. The summed E-state index contributed by atoms with van der Waals surface area (Å²) >= 11 is 0. The molecule has 0 aromatic carbocycles. The van der Waals surface area contributed by atoms with Crippen LogP contribution in [-0.2, 0) is 14.3 Å². The van der Waals surface area contributed by atoms with E-state index < -0.39 is 5.60 Å². The van der Waals surface area contributed by atoms with Gasteiger partial charge in [-0.2, -0.15) is 0 Å². The molecule has 0 amide bonds. The summed E-state index contributed by atoms with van der Waals surface area (Å²) in [5.41, 5.74) is -0.854. The molecule has 1 aliphatic carbocycles. The zero-order valence-electron chi connectivity index (χ0n) is 8.59. The van der Waals surface area contributed by atoms with Crippen LogP contribution < -0.4 is 0 Å². The van der Waals surface area contributed by atoms with E-state index >= 15 is 0 Å². The lowest BCUT2D eigenvalue weighted by molar-refractivity contribution is -0.146. The summed E-state index contributed by atoms with van der Waals surface area (Å²) in [5, 5.41) is 0. The quantitative estimate of drug-likeness (QED) is 0.456. The molecule has 2 rings (SSSR count). The van der Waals surface area contributed by atoms with Crippen molar-refractivity contribution in [2.75, 3.05) is 7.11 Å². The number of hydrogen-bond donors (Lipinski definition) is 0. The fourth-order valence-corrected chi connectivity index (χ4v) is 2.65. The fourth-order valence-electron chi connectivity index (χ4n) is 2.65. The van der Waals surface area contributed by atoms with Crippen LogP contribution in [0.25, 0.3) is 0 Å². The molecule has 1 saturated heterocycles. The minimum absolute atomic E-state index is 0.195. The topological polar surface area (TPSA) is 38.8 Å². The van der Waals surface area contributed by atoms with Gasteiger partial charge in [0.1, 0.15) is 5.60 Å². The number of carbonyl (C=O) groups is 1. The van der Waals surface area contributed by atoms with Crippen molar-refractivity contribution < 1.29 is 14.3 Å². The molecule has 1 heterocycles. The summed E-state index contributed by atoms with van der Waals surface area (Å²) in [7, 11) is 1.41. The second-order valence-electron chi connectivity index (χ2n) is 4.49. The third-order valence-corrected chi connectivity index (χ3v) is 3.94. The minimum Gasteiger partial charge on any atom is -0.467 e. The lowest BCUT2D eigenvalue weighted by Crippen LogP contribution is -2.48. The molecule has 0 radical (unpaired) electrons. The third kappa shape index (κ3) is 0.810. The monoisotopic (exact) mass is 184 g/mol. The molecule has 2 fully saturated rings. The van der Waals surface area contributed by atoms with Gasteiger partial charge in [-0.15, -0.1) is 0 Å². The molecule has 2 aliphatic rings. The summed E-state index contributed by atoms with van der Waals surface area (Å²) < 4.78 is 10.3. The molecule has 0 aromatic heterocycles. The second kappa shape index (κ2) is 2.27. The van der Waals surface area contributed by atoms with Crippen molar-refractivity contribution >= 4 is 5.97 Å². The lowest BCUT2D eigenvalue weighted by Gasteiger charge is -2.40. The summed E-state index contributed by atoms with van der Waals surface area (Å²) in [6.07, 6.45) is 0.986. The zero-order chi connectivity index (χ0) is 9.85. The smallest absolute Gasteiger partial charge is 0.340 e. The van der Waals surface area contributed by atoms with Crippen molar-refractivity contribution in [2.24, 2.45) is 11.8 Å². The summed E-state index contributed by atoms with van der Waals surface area (Å²) in [6, 6.07) is 0. The molecule has 74 valence electrons. The van der Waals surface area contributed by atoms with Crippen molar-refractivity contribution in [3.8, 4) is 0 Å². The van der Waals surface area contributed by atoms with E-state index in [1.165, 1.54) is 7.11 Å². The largest absolute Gasteiger partial charge is 0.467 e. The Bertz CT molecular complexity index is 263. The van der Waals surface area contributed by atoms with Gasteiger partial charge in [0.25, 0.3) is 0 Å². The Balaban J connectivity index is 2.13. The molecule has 13 heavy (non-hydrogen) atoms. The minimum atomic E-state index is -0.659. The summed E-state index contributed by atoms with van der Waals surface area (Å²) in [4.78, 5) is 11.4. The molecule has 4 atom stereocenters. The number of ether oxygens (including phenoxy) is 2. The molecule has 0 aromatic rings. The first-order valence-electron chi connectivity index (χ1n) is 4.76. The number of carbonyl (C=O) groups excluding carboxylic acids is 1. The van der Waals surface area contributed by atoms with E-state index in [1.54, 1.807) is 0 Å². The first-order valence-corrected chi connectivity index (χ1v) is 4.76. The molecular weight excluding hydrogens is 168 g/mol. The number of rotatable bonds is 1. The van der Waals surface area contributed by atoms with Crippen LogP contribution in [0.5, 0.6) is 0 Å². The Kier molecular flexibility index (Phi) is 1.57. The van der Waals surface area contributed by atoms with Crippen molar-refractivity contribution in [3.63, 3.8) is 0 Å². The molecule has 0 N–H and O–H groups in total. The van der Waals surface area contributed by atoms with Gasteiger partial charge in [0, 0.05) is 0 Å². The number of methoxy groups -OCH3 is 1. The predicted molar refractivity (Wildman–Crippen MR) is 47.2 cm³/mol. The predicted octanol–water partition coefficient (Wildman–Crippen LogP) is 1.36. The molecule has 0 bridgehead atoms. The number of hydrogen-bond acceptors (Lipinski definition) is 3. The Labute approximate surface area is 78.4 Å². The van der Waals surface area contributed by atoms with Crippen molar-refractivity contribution in [3.05, 3.63) is 0 Å². The van der Waals surface area contributed by atoms with Gasteiger partial charge in [0.05, 0.1) is 7.11 Å². The molecular formula is C10H16O3. The van der Waals surface area contributed by atoms with E-state index in [2.05, 4.69) is 13.8 Å². The van der Waals surface area contributed by atoms with Crippen LogP contribution >= 0.6 is 0 Å². The maximum Gasteiger partial charge on any atom is 0.340 e. The Morgan fingerprint density at radius 2 is 2.15 bits per heavy atom. The molecule has 3 heteroatoms. The summed E-state index contributed by atoms with van der Waals surface area (Å²) in [6.45, 7) is 6.17. The number of epoxide rings is 1. The normalized spacial score (nSPS) is 52.9. The van der Waals surface area contributed by atoms with Gasteiger partial charge >= 0.3 is 5.97 Å². The Morgan fingerprint density at radius 3 is 2.54 bits per heavy atom. The molecule has 1 spiro atoms. The van der Waals surface area contributed by atoms with E-state index in [0.717, 1.165) is 6.42 Å². The Hall–Kier alpha value is -0.570. The third-order valence-electron chi connectivity index (χ3n) is 3.94. The fraction of sp³-hybridized carbons (Fsp3) is 0.900. The first kappa shape index (κ1) is 9.00. The van der Waals surface area contributed by atoms with E-state index in [1.807, 2.05) is 6.92 Å². The first-order chi connectivity index (χ1) is 5.98. The summed E-state index contributed by atoms with van der Waals surface area (Å²) in [5.74, 6) is 0.898. The van der Waals surface area contributed by atoms with Crippen LogP contribution in [-0.4, -0.2) is 24.3 Å². The van der Waals surface area contributed by atoms with Gasteiger partial charge < -0.3 is 9.47 Å². The second-order valence-corrected chi connectivity index (χ2v) is 4.49. The average Bonchev–Trinajstić information content (AvgIpc) is 2.75. The van der Waals surface area contributed by atoms with Crippen molar-refractivity contribution in [2.45, 2.75) is 38.4 Å². The van der Waals surface area contributed by atoms with Gasteiger partial charge in [-0.25, -0.2) is 4.79 Å². The van der Waals surface area contributed by atoms with E-state index in [-0.39, 0.29) is 11.6 Å². The maximum absolute atomic E-state index is 11.4. The van der Waals surface area contributed by atoms with Gasteiger partial charge in [0.15, 0.2) is 5.60 Å². The van der Waals surface area contributed by atoms with Gasteiger partial charge in [-0.05, 0) is 25.2 Å². The van der Waals surface area contributed by atoms with Crippen LogP contribution in [0.3, 0.4) is 0 Å². The van der Waals surface area contributed by atoms with Gasteiger partial charge in [0.2, 0.25) is 0 Å². The number of esters is 1. The van der Waals surface area contributed by atoms with Crippen LogP contribution in [0, 0.1) is 11.8 Å². The van der Waals surface area contributed by atoms with Gasteiger partial charge in [-0.3, -0.25) is 0 Å². The average molecular weight is 184 g/mol. The molecule has 3 nitrogen and oxygen atoms in total. The van der Waals surface area contributed by atoms with Crippen LogP contribution in [0.4, 0.5) is 0 Å². The highest BCUT2D eigenvalue weighted by Crippen LogP contribution is 2.65. The lowest BCUT2D eigenvalue weighted by atomic mass is 9.61. The van der Waals surface area contributed by atoms with Crippen molar-refractivity contribution in [1.82, 2.24) is 0 Å².